The van der Waals surface area contributed by atoms with Crippen molar-refractivity contribution < 1.29 is 14.8 Å². The number of nitrogens with zero attached hydrogens (tertiary/aromatic N) is 4. The van der Waals surface area contributed by atoms with Crippen LogP contribution in [0.2, 0.25) is 0 Å². The van der Waals surface area contributed by atoms with Crippen molar-refractivity contribution in [1.82, 2.24) is 14.5 Å². The van der Waals surface area contributed by atoms with Crippen molar-refractivity contribution in [1.29, 1.82) is 0 Å². The smallest absolute Gasteiger partial charge is 0.423 e. The van der Waals surface area contributed by atoms with E-state index in [0.29, 0.717) is 34.7 Å². The molecule has 1 amide bonds. The second-order valence-electron chi connectivity index (χ2n) is 8.59. The summed E-state index contributed by atoms with van der Waals surface area (Å²) < 4.78 is 1.87. The summed E-state index contributed by atoms with van der Waals surface area (Å²) in [5.74, 6) is 0.611. The Morgan fingerprint density at radius 2 is 1.97 bits per heavy atom. The summed E-state index contributed by atoms with van der Waals surface area (Å²) in [6.07, 6.45) is 0.770. The van der Waals surface area contributed by atoms with Crippen LogP contribution in [0.5, 0.6) is 0 Å². The van der Waals surface area contributed by atoms with Gasteiger partial charge in [-0.15, -0.1) is 0 Å². The van der Waals surface area contributed by atoms with Crippen molar-refractivity contribution in [3.63, 3.8) is 0 Å². The first kappa shape index (κ1) is 22.8. The van der Waals surface area contributed by atoms with Gasteiger partial charge < -0.3 is 31.7 Å². The van der Waals surface area contributed by atoms with Crippen LogP contribution >= 0.6 is 0 Å². The molecular formula is C24H26BN7O3. The lowest BCUT2D eigenvalue weighted by Gasteiger charge is -2.19. The highest BCUT2D eigenvalue weighted by molar-refractivity contribution is 6.58. The largest absolute Gasteiger partial charge is 0.488 e. The zero-order valence-electron chi connectivity index (χ0n) is 19.3. The molecule has 2 aromatic carbocycles. The quantitative estimate of drug-likeness (QED) is 0.241. The lowest BCUT2D eigenvalue weighted by molar-refractivity contribution is 0.100. The fraction of sp³-hybridized carbons (Fsp3) is 0.208. The van der Waals surface area contributed by atoms with Crippen LogP contribution in [0.1, 0.15) is 27.3 Å². The first-order valence-corrected chi connectivity index (χ1v) is 11.3. The van der Waals surface area contributed by atoms with Crippen molar-refractivity contribution in [2.45, 2.75) is 19.5 Å². The van der Waals surface area contributed by atoms with Crippen molar-refractivity contribution in [3.05, 3.63) is 71.0 Å². The highest BCUT2D eigenvalue weighted by atomic mass is 16.4. The Hall–Kier alpha value is -3.93. The third-order valence-corrected chi connectivity index (χ3v) is 6.32. The predicted octanol–water partition coefficient (Wildman–Crippen LogP) is 0.262. The number of hydrogen-bond acceptors (Lipinski definition) is 8. The number of anilines is 2. The second kappa shape index (κ2) is 9.03. The maximum atomic E-state index is 12.0. The number of aromatic nitrogens is 3. The van der Waals surface area contributed by atoms with Gasteiger partial charge in [0.15, 0.2) is 5.82 Å². The summed E-state index contributed by atoms with van der Waals surface area (Å²) in [7, 11) is 0.469. The third kappa shape index (κ3) is 4.10. The van der Waals surface area contributed by atoms with Gasteiger partial charge >= 0.3 is 7.12 Å². The van der Waals surface area contributed by atoms with E-state index in [0.717, 1.165) is 41.1 Å². The Labute approximate surface area is 202 Å². The molecule has 0 unspecified atom stereocenters. The summed E-state index contributed by atoms with van der Waals surface area (Å²) in [4.78, 5) is 23.8. The van der Waals surface area contributed by atoms with Gasteiger partial charge in [-0.05, 0) is 29.2 Å². The van der Waals surface area contributed by atoms with E-state index in [2.05, 4.69) is 10.2 Å². The number of primary amides is 1. The monoisotopic (exact) mass is 471 g/mol. The SMILES string of the molecule is CN1CCc2nc(-n3c(CN)cc4c(C(N)=O)cccc43)nc(NCc3cccc(B(O)O)c3)c21. The predicted molar refractivity (Wildman–Crippen MR) is 136 cm³/mol. The maximum absolute atomic E-state index is 12.0. The molecular weight excluding hydrogens is 445 g/mol. The molecule has 0 aliphatic carbocycles. The van der Waals surface area contributed by atoms with E-state index in [-0.39, 0.29) is 6.54 Å². The van der Waals surface area contributed by atoms with Crippen LogP contribution < -0.4 is 27.1 Å². The molecule has 5 rings (SSSR count). The molecule has 0 fully saturated rings. The van der Waals surface area contributed by atoms with Gasteiger partial charge in [0.25, 0.3) is 0 Å². The number of carbonyl (C=O) groups is 1. The normalized spacial score (nSPS) is 12.7. The molecule has 0 atom stereocenters. The summed E-state index contributed by atoms with van der Waals surface area (Å²) in [6, 6.07) is 14.3. The minimum absolute atomic E-state index is 0.228. The average Bonchev–Trinajstić information content (AvgIpc) is 3.42. The maximum Gasteiger partial charge on any atom is 0.488 e. The standard InChI is InChI=1S/C24H26BN7O3/c1-31-9-8-19-21(31)23(28-13-14-4-2-5-15(10-14)25(34)35)30-24(29-19)32-16(12-26)11-18-17(22(27)33)6-3-7-20(18)32/h2-7,10-11,34-35H,8-9,12-13,26H2,1H3,(H2,27,33)(H,28,29,30). The van der Waals surface area contributed by atoms with Crippen LogP contribution in [0, 0.1) is 0 Å². The van der Waals surface area contributed by atoms with Gasteiger partial charge in [-0.25, -0.2) is 4.98 Å². The summed E-state index contributed by atoms with van der Waals surface area (Å²) >= 11 is 0. The molecule has 3 heterocycles. The first-order chi connectivity index (χ1) is 16.9. The Bertz CT molecular complexity index is 1440. The van der Waals surface area contributed by atoms with Gasteiger partial charge in [-0.2, -0.15) is 4.98 Å². The molecule has 7 N–H and O–H groups in total. The van der Waals surface area contributed by atoms with Crippen LogP contribution in [0.3, 0.4) is 0 Å². The van der Waals surface area contributed by atoms with E-state index in [9.17, 15) is 14.8 Å². The molecule has 0 spiro atoms. The van der Waals surface area contributed by atoms with Crippen molar-refractivity contribution in [2.24, 2.45) is 11.5 Å². The van der Waals surface area contributed by atoms with Crippen molar-refractivity contribution in [3.8, 4) is 5.95 Å². The molecule has 4 aromatic rings. The van der Waals surface area contributed by atoms with Gasteiger partial charge in [0.2, 0.25) is 11.9 Å². The lowest BCUT2D eigenvalue weighted by atomic mass is 9.80. The fourth-order valence-corrected chi connectivity index (χ4v) is 4.61. The highest BCUT2D eigenvalue weighted by Gasteiger charge is 2.26. The molecule has 1 aliphatic rings. The molecule has 178 valence electrons. The molecule has 35 heavy (non-hydrogen) atoms. The lowest BCUT2D eigenvalue weighted by Crippen LogP contribution is -2.30. The van der Waals surface area contributed by atoms with E-state index in [1.807, 2.05) is 29.8 Å². The summed E-state index contributed by atoms with van der Waals surface area (Å²) in [5, 5.41) is 23.1. The van der Waals surface area contributed by atoms with Gasteiger partial charge in [0.1, 0.15) is 5.69 Å². The third-order valence-electron chi connectivity index (χ3n) is 6.32. The van der Waals surface area contributed by atoms with Crippen LogP contribution in [-0.4, -0.2) is 51.2 Å². The molecule has 0 bridgehead atoms. The Balaban J connectivity index is 1.60. The number of hydrogen-bond donors (Lipinski definition) is 5. The van der Waals surface area contributed by atoms with E-state index in [1.54, 1.807) is 30.3 Å². The van der Waals surface area contributed by atoms with Crippen LogP contribution in [0.25, 0.3) is 16.9 Å². The molecule has 0 saturated carbocycles. The van der Waals surface area contributed by atoms with Crippen LogP contribution in [0.15, 0.2) is 48.5 Å². The van der Waals surface area contributed by atoms with Gasteiger partial charge in [0, 0.05) is 49.7 Å². The Kier molecular flexibility index (Phi) is 5.89. The zero-order chi connectivity index (χ0) is 24.7. The number of fused-ring (bicyclic) bond motifs is 2. The number of rotatable bonds is 7. The average molecular weight is 471 g/mol. The molecule has 10 nitrogen and oxygen atoms in total. The van der Waals surface area contributed by atoms with E-state index < -0.39 is 13.0 Å². The van der Waals surface area contributed by atoms with Crippen LogP contribution in [-0.2, 0) is 19.5 Å². The van der Waals surface area contributed by atoms with Crippen LogP contribution in [0.4, 0.5) is 11.5 Å². The van der Waals surface area contributed by atoms with Gasteiger partial charge in [0.05, 0.1) is 11.2 Å². The topological polar surface area (TPSA) is 156 Å². The highest BCUT2D eigenvalue weighted by Crippen LogP contribution is 2.34. The Morgan fingerprint density at radius 1 is 1.17 bits per heavy atom. The number of amides is 1. The minimum Gasteiger partial charge on any atom is -0.423 e. The molecule has 2 aromatic heterocycles. The number of likely N-dealkylation sites (N-methyl/N-ethyl adjacent to an activating group) is 1. The molecule has 1 aliphatic heterocycles. The molecule has 0 radical (unpaired) electrons. The van der Waals surface area contributed by atoms with Crippen molar-refractivity contribution in [2.75, 3.05) is 23.8 Å². The zero-order valence-corrected chi connectivity index (χ0v) is 19.3. The summed E-state index contributed by atoms with van der Waals surface area (Å²) in [6.45, 7) is 1.47. The Morgan fingerprint density at radius 3 is 2.71 bits per heavy atom. The minimum atomic E-state index is -1.53. The summed E-state index contributed by atoms with van der Waals surface area (Å²) in [5.41, 5.74) is 16.7. The number of benzene rings is 2. The van der Waals surface area contributed by atoms with E-state index in [4.69, 9.17) is 21.4 Å². The number of carbonyl (C=O) groups excluding carboxylic acids is 1. The van der Waals surface area contributed by atoms with E-state index in [1.165, 1.54) is 0 Å². The first-order valence-electron chi connectivity index (χ1n) is 11.3. The number of nitrogens with one attached hydrogen (secondary N) is 1. The van der Waals surface area contributed by atoms with E-state index >= 15 is 0 Å². The number of nitrogens with two attached hydrogens (primary N) is 2. The van der Waals surface area contributed by atoms with Gasteiger partial charge in [-0.1, -0.05) is 30.3 Å². The second-order valence-corrected chi connectivity index (χ2v) is 8.59. The van der Waals surface area contributed by atoms with Crippen molar-refractivity contribution >= 4 is 40.9 Å². The molecule has 0 saturated heterocycles. The fourth-order valence-electron chi connectivity index (χ4n) is 4.61. The molecule has 11 heteroatoms. The van der Waals surface area contributed by atoms with Gasteiger partial charge in [-0.3, -0.25) is 9.36 Å².